The minimum absolute atomic E-state index is 0.105. The molecule has 1 aromatic rings. The first-order valence-corrected chi connectivity index (χ1v) is 6.92. The number of aromatic nitrogens is 3. The summed E-state index contributed by atoms with van der Waals surface area (Å²) in [4.78, 5) is 0. The molecule has 2 rings (SSSR count). The summed E-state index contributed by atoms with van der Waals surface area (Å²) in [5.41, 5.74) is 1.40. The van der Waals surface area contributed by atoms with Gasteiger partial charge in [0.1, 0.15) is 0 Å². The van der Waals surface area contributed by atoms with Gasteiger partial charge in [0, 0.05) is 19.3 Å². The van der Waals surface area contributed by atoms with Gasteiger partial charge in [-0.2, -0.15) is 0 Å². The van der Waals surface area contributed by atoms with E-state index in [1.165, 1.54) is 32.1 Å². The Labute approximate surface area is 109 Å². The fourth-order valence-electron chi connectivity index (χ4n) is 2.71. The Bertz CT molecular complexity index is 358. The zero-order chi connectivity index (χ0) is 12.8. The highest BCUT2D eigenvalue weighted by Gasteiger charge is 2.26. The van der Waals surface area contributed by atoms with E-state index < -0.39 is 0 Å². The van der Waals surface area contributed by atoms with Crippen molar-refractivity contribution < 1.29 is 5.11 Å². The molecular weight excluding hydrogens is 228 g/mol. The quantitative estimate of drug-likeness (QED) is 0.802. The van der Waals surface area contributed by atoms with Crippen LogP contribution < -0.4 is 5.32 Å². The summed E-state index contributed by atoms with van der Waals surface area (Å²) in [6.45, 7) is 4.82. The Morgan fingerprint density at radius 1 is 1.39 bits per heavy atom. The third-order valence-electron chi connectivity index (χ3n) is 3.83. The van der Waals surface area contributed by atoms with Crippen LogP contribution in [0.1, 0.15) is 44.7 Å². The van der Waals surface area contributed by atoms with Crippen LogP contribution in [0.15, 0.2) is 6.20 Å². The lowest BCUT2D eigenvalue weighted by molar-refractivity contribution is 0.207. The van der Waals surface area contributed by atoms with Gasteiger partial charge in [0.15, 0.2) is 0 Å². The SMILES string of the molecule is CC1(CNCc2cn(CCO)nn2)CCCCC1. The minimum atomic E-state index is 0.105. The van der Waals surface area contributed by atoms with Gasteiger partial charge in [-0.3, -0.25) is 0 Å². The van der Waals surface area contributed by atoms with E-state index in [4.69, 9.17) is 5.11 Å². The Hall–Kier alpha value is -0.940. The van der Waals surface area contributed by atoms with Crippen molar-refractivity contribution >= 4 is 0 Å². The van der Waals surface area contributed by atoms with E-state index in [9.17, 15) is 0 Å². The van der Waals surface area contributed by atoms with Gasteiger partial charge in [-0.25, -0.2) is 4.68 Å². The molecule has 2 N–H and O–H groups in total. The van der Waals surface area contributed by atoms with Crippen molar-refractivity contribution in [2.45, 2.75) is 52.1 Å². The molecule has 1 aromatic heterocycles. The average molecular weight is 252 g/mol. The lowest BCUT2D eigenvalue weighted by Gasteiger charge is -2.33. The lowest BCUT2D eigenvalue weighted by Crippen LogP contribution is -2.33. The normalized spacial score (nSPS) is 19.0. The van der Waals surface area contributed by atoms with E-state index in [2.05, 4.69) is 22.6 Å². The largest absolute Gasteiger partial charge is 0.394 e. The lowest BCUT2D eigenvalue weighted by atomic mass is 9.76. The number of nitrogens with one attached hydrogen (secondary N) is 1. The molecule has 5 nitrogen and oxygen atoms in total. The molecule has 1 heterocycles. The zero-order valence-electron chi connectivity index (χ0n) is 11.2. The molecule has 1 saturated carbocycles. The van der Waals surface area contributed by atoms with Crippen molar-refractivity contribution in [1.29, 1.82) is 0 Å². The highest BCUT2D eigenvalue weighted by molar-refractivity contribution is 4.92. The number of aliphatic hydroxyl groups excluding tert-OH is 1. The maximum atomic E-state index is 8.80. The zero-order valence-corrected chi connectivity index (χ0v) is 11.2. The molecule has 102 valence electrons. The summed E-state index contributed by atoms with van der Waals surface area (Å²) in [6, 6.07) is 0. The molecule has 0 bridgehead atoms. The topological polar surface area (TPSA) is 63.0 Å². The van der Waals surface area contributed by atoms with Crippen LogP contribution >= 0.6 is 0 Å². The van der Waals surface area contributed by atoms with Crippen LogP contribution in [-0.2, 0) is 13.1 Å². The molecule has 1 fully saturated rings. The molecule has 0 spiro atoms. The number of rotatable bonds is 6. The fraction of sp³-hybridized carbons (Fsp3) is 0.846. The summed E-state index contributed by atoms with van der Waals surface area (Å²) < 4.78 is 1.68. The molecule has 0 saturated heterocycles. The molecule has 0 aliphatic heterocycles. The second-order valence-electron chi connectivity index (χ2n) is 5.67. The van der Waals surface area contributed by atoms with E-state index in [1.54, 1.807) is 4.68 Å². The highest BCUT2D eigenvalue weighted by atomic mass is 16.3. The van der Waals surface area contributed by atoms with Crippen LogP contribution in [0.25, 0.3) is 0 Å². The van der Waals surface area contributed by atoms with Gasteiger partial charge in [-0.15, -0.1) is 5.10 Å². The maximum absolute atomic E-state index is 8.80. The fourth-order valence-corrected chi connectivity index (χ4v) is 2.71. The number of nitrogens with zero attached hydrogens (tertiary/aromatic N) is 3. The van der Waals surface area contributed by atoms with Gasteiger partial charge in [0.25, 0.3) is 0 Å². The number of hydrogen-bond acceptors (Lipinski definition) is 4. The average Bonchev–Trinajstić information content (AvgIpc) is 2.78. The molecule has 1 aliphatic rings. The minimum Gasteiger partial charge on any atom is -0.394 e. The maximum Gasteiger partial charge on any atom is 0.0964 e. The molecule has 0 unspecified atom stereocenters. The third kappa shape index (κ3) is 3.78. The molecule has 1 aliphatic carbocycles. The standard InChI is InChI=1S/C13H24N4O/c1-13(5-3-2-4-6-13)11-14-9-12-10-17(7-8-18)16-15-12/h10,14,18H,2-9,11H2,1H3. The number of hydrogen-bond donors (Lipinski definition) is 2. The van der Waals surface area contributed by atoms with E-state index in [-0.39, 0.29) is 6.61 Å². The van der Waals surface area contributed by atoms with E-state index >= 15 is 0 Å². The van der Waals surface area contributed by atoms with Crippen molar-refractivity contribution in [2.75, 3.05) is 13.2 Å². The second kappa shape index (κ2) is 6.29. The summed E-state index contributed by atoms with van der Waals surface area (Å²) in [5.74, 6) is 0. The Kier molecular flexibility index (Phi) is 4.72. The van der Waals surface area contributed by atoms with Crippen LogP contribution in [0.4, 0.5) is 0 Å². The van der Waals surface area contributed by atoms with Crippen LogP contribution in [0.5, 0.6) is 0 Å². The smallest absolute Gasteiger partial charge is 0.0964 e. The van der Waals surface area contributed by atoms with Crippen LogP contribution in [0.2, 0.25) is 0 Å². The highest BCUT2D eigenvalue weighted by Crippen LogP contribution is 2.34. The molecule has 18 heavy (non-hydrogen) atoms. The molecule has 0 atom stereocenters. The summed E-state index contributed by atoms with van der Waals surface area (Å²) in [6.07, 6.45) is 8.68. The Balaban J connectivity index is 1.73. The van der Waals surface area contributed by atoms with Crippen molar-refractivity contribution in [2.24, 2.45) is 5.41 Å². The van der Waals surface area contributed by atoms with Crippen molar-refractivity contribution in [3.05, 3.63) is 11.9 Å². The summed E-state index contributed by atoms with van der Waals surface area (Å²) in [5, 5.41) is 20.3. The van der Waals surface area contributed by atoms with Gasteiger partial charge in [0.2, 0.25) is 0 Å². The molecule has 0 radical (unpaired) electrons. The molecular formula is C13H24N4O. The summed E-state index contributed by atoms with van der Waals surface area (Å²) >= 11 is 0. The van der Waals surface area contributed by atoms with Gasteiger partial charge in [0.05, 0.1) is 18.8 Å². The number of aliphatic hydroxyl groups is 1. The predicted octanol–water partition coefficient (Wildman–Crippen LogP) is 1.33. The third-order valence-corrected chi connectivity index (χ3v) is 3.83. The van der Waals surface area contributed by atoms with Crippen molar-refractivity contribution in [3.8, 4) is 0 Å². The summed E-state index contributed by atoms with van der Waals surface area (Å²) in [7, 11) is 0. The van der Waals surface area contributed by atoms with Crippen LogP contribution in [0.3, 0.4) is 0 Å². The van der Waals surface area contributed by atoms with Crippen LogP contribution in [0, 0.1) is 5.41 Å². The Morgan fingerprint density at radius 3 is 2.89 bits per heavy atom. The van der Waals surface area contributed by atoms with Gasteiger partial charge in [-0.1, -0.05) is 31.4 Å². The predicted molar refractivity (Wildman–Crippen MR) is 70.0 cm³/mol. The van der Waals surface area contributed by atoms with Gasteiger partial charge < -0.3 is 10.4 Å². The van der Waals surface area contributed by atoms with Crippen LogP contribution in [-0.4, -0.2) is 33.3 Å². The first-order valence-electron chi connectivity index (χ1n) is 6.92. The molecule has 0 aromatic carbocycles. The first-order chi connectivity index (χ1) is 8.72. The van der Waals surface area contributed by atoms with E-state index in [0.29, 0.717) is 12.0 Å². The van der Waals surface area contributed by atoms with Crippen molar-refractivity contribution in [3.63, 3.8) is 0 Å². The molecule has 5 heteroatoms. The second-order valence-corrected chi connectivity index (χ2v) is 5.67. The first kappa shape index (κ1) is 13.5. The van der Waals surface area contributed by atoms with Gasteiger partial charge >= 0.3 is 0 Å². The molecule has 0 amide bonds. The van der Waals surface area contributed by atoms with E-state index in [1.807, 2.05) is 6.20 Å². The Morgan fingerprint density at radius 2 is 2.17 bits per heavy atom. The van der Waals surface area contributed by atoms with E-state index in [0.717, 1.165) is 18.8 Å². The van der Waals surface area contributed by atoms with Crippen molar-refractivity contribution in [1.82, 2.24) is 20.3 Å². The van der Waals surface area contributed by atoms with Gasteiger partial charge in [-0.05, 0) is 18.3 Å². The monoisotopic (exact) mass is 252 g/mol.